The molecule has 1 fully saturated rings. The average molecular weight is 392 g/mol. The summed E-state index contributed by atoms with van der Waals surface area (Å²) in [5.74, 6) is 0.0439. The van der Waals surface area contributed by atoms with Gasteiger partial charge in [0.2, 0.25) is 5.91 Å². The number of nitrogens with one attached hydrogen (secondary N) is 1. The lowest BCUT2D eigenvalue weighted by molar-refractivity contribution is -0.120. The summed E-state index contributed by atoms with van der Waals surface area (Å²) in [5.41, 5.74) is 0.626. The number of carbonyl (C=O) groups excluding carboxylic acids is 1. The predicted octanol–water partition coefficient (Wildman–Crippen LogP) is 1.95. The number of imidazole rings is 1. The molecule has 27 heavy (non-hydrogen) atoms. The van der Waals surface area contributed by atoms with Crippen LogP contribution >= 0.6 is 0 Å². The van der Waals surface area contributed by atoms with Crippen LogP contribution in [-0.2, 0) is 21.4 Å². The monoisotopic (exact) mass is 392 g/mol. The zero-order valence-corrected chi connectivity index (χ0v) is 16.3. The van der Waals surface area contributed by atoms with E-state index in [-0.39, 0.29) is 17.5 Å². The first-order valence-electron chi connectivity index (χ1n) is 8.91. The standard InChI is InChI=1S/C18H24N4O4S/c1-3-21-12-17(19-13-21)27(24,25)22-9-5-6-14(11-22)18(23)20-15-7-4-8-16(10-15)26-2/h4,7-8,10,12-14H,3,5-6,9,11H2,1-2H3,(H,20,23)/t14-/m1/s1. The molecule has 0 aliphatic carbocycles. The minimum atomic E-state index is -3.70. The zero-order chi connectivity index (χ0) is 19.4. The lowest BCUT2D eigenvalue weighted by Gasteiger charge is -2.30. The third-order valence-electron chi connectivity index (χ3n) is 4.67. The first kappa shape index (κ1) is 19.4. The van der Waals surface area contributed by atoms with Crippen molar-refractivity contribution in [1.82, 2.24) is 13.9 Å². The fraction of sp³-hybridized carbons (Fsp3) is 0.444. The fourth-order valence-corrected chi connectivity index (χ4v) is 4.56. The molecule has 1 aliphatic heterocycles. The van der Waals surface area contributed by atoms with Crippen molar-refractivity contribution in [2.24, 2.45) is 5.92 Å². The smallest absolute Gasteiger partial charge is 0.262 e. The summed E-state index contributed by atoms with van der Waals surface area (Å²) >= 11 is 0. The number of ether oxygens (including phenoxy) is 1. The largest absolute Gasteiger partial charge is 0.497 e. The number of aryl methyl sites for hydroxylation is 1. The van der Waals surface area contributed by atoms with E-state index in [1.54, 1.807) is 35.9 Å². The van der Waals surface area contributed by atoms with Crippen molar-refractivity contribution in [3.05, 3.63) is 36.8 Å². The highest BCUT2D eigenvalue weighted by atomic mass is 32.2. The van der Waals surface area contributed by atoms with Crippen LogP contribution < -0.4 is 10.1 Å². The number of hydrogen-bond donors (Lipinski definition) is 1. The molecule has 3 rings (SSSR count). The molecule has 1 aromatic heterocycles. The van der Waals surface area contributed by atoms with E-state index in [4.69, 9.17) is 4.74 Å². The van der Waals surface area contributed by atoms with Crippen molar-refractivity contribution < 1.29 is 17.9 Å². The highest BCUT2D eigenvalue weighted by Gasteiger charge is 2.34. The molecule has 1 N–H and O–H groups in total. The van der Waals surface area contributed by atoms with E-state index in [1.165, 1.54) is 16.8 Å². The summed E-state index contributed by atoms with van der Waals surface area (Å²) < 4.78 is 33.9. The maximum absolute atomic E-state index is 12.8. The number of hydrogen-bond acceptors (Lipinski definition) is 5. The summed E-state index contributed by atoms with van der Waals surface area (Å²) in [6, 6.07) is 7.08. The number of nitrogens with zero attached hydrogens (tertiary/aromatic N) is 3. The fourth-order valence-electron chi connectivity index (χ4n) is 3.10. The lowest BCUT2D eigenvalue weighted by Crippen LogP contribution is -2.43. The van der Waals surface area contributed by atoms with Gasteiger partial charge in [0.15, 0.2) is 5.03 Å². The van der Waals surface area contributed by atoms with Gasteiger partial charge >= 0.3 is 0 Å². The van der Waals surface area contributed by atoms with Gasteiger partial charge in [0.1, 0.15) is 5.75 Å². The molecule has 0 bridgehead atoms. The first-order valence-corrected chi connectivity index (χ1v) is 10.3. The van der Waals surface area contributed by atoms with Crippen LogP contribution in [0.25, 0.3) is 0 Å². The second-order valence-electron chi connectivity index (χ2n) is 6.47. The summed E-state index contributed by atoms with van der Waals surface area (Å²) in [6.07, 6.45) is 4.30. The number of methoxy groups -OCH3 is 1. The quantitative estimate of drug-likeness (QED) is 0.811. The van der Waals surface area contributed by atoms with Gasteiger partial charge < -0.3 is 14.6 Å². The Hall–Kier alpha value is -2.39. The van der Waals surface area contributed by atoms with Crippen LogP contribution in [0.2, 0.25) is 0 Å². The van der Waals surface area contributed by atoms with Gasteiger partial charge in [0, 0.05) is 37.6 Å². The molecule has 1 aromatic carbocycles. The van der Waals surface area contributed by atoms with Gasteiger partial charge in [0.05, 0.1) is 19.4 Å². The van der Waals surface area contributed by atoms with E-state index in [0.29, 0.717) is 37.4 Å². The molecule has 1 atom stereocenters. The van der Waals surface area contributed by atoms with Crippen LogP contribution in [0.3, 0.4) is 0 Å². The predicted molar refractivity (Wildman–Crippen MR) is 101 cm³/mol. The normalized spacial score (nSPS) is 18.2. The molecule has 2 aromatic rings. The van der Waals surface area contributed by atoms with Gasteiger partial charge in [0.25, 0.3) is 10.0 Å². The summed E-state index contributed by atoms with van der Waals surface area (Å²) in [7, 11) is -2.14. The first-order chi connectivity index (χ1) is 12.9. The Bertz CT molecular complexity index is 910. The zero-order valence-electron chi connectivity index (χ0n) is 15.5. The molecule has 9 heteroatoms. The number of aromatic nitrogens is 2. The SMILES string of the molecule is CCn1cnc(S(=O)(=O)N2CCC[C@@H](C(=O)Nc3cccc(OC)c3)C2)c1. The van der Waals surface area contributed by atoms with Crippen molar-refractivity contribution in [3.8, 4) is 5.75 Å². The van der Waals surface area contributed by atoms with Crippen molar-refractivity contribution in [2.45, 2.75) is 31.3 Å². The molecule has 146 valence electrons. The van der Waals surface area contributed by atoms with Crippen LogP contribution in [0.5, 0.6) is 5.75 Å². The van der Waals surface area contributed by atoms with Crippen molar-refractivity contribution in [2.75, 3.05) is 25.5 Å². The molecule has 8 nitrogen and oxygen atoms in total. The van der Waals surface area contributed by atoms with E-state index in [0.717, 1.165) is 0 Å². The third-order valence-corrected chi connectivity index (χ3v) is 6.42. The Morgan fingerprint density at radius 1 is 1.41 bits per heavy atom. The number of anilines is 1. The van der Waals surface area contributed by atoms with E-state index in [2.05, 4.69) is 10.3 Å². The van der Waals surface area contributed by atoms with Crippen molar-refractivity contribution in [1.29, 1.82) is 0 Å². The van der Waals surface area contributed by atoms with E-state index in [9.17, 15) is 13.2 Å². The Labute approximate surface area is 159 Å². The molecule has 0 unspecified atom stereocenters. The molecule has 2 heterocycles. The van der Waals surface area contributed by atoms with Gasteiger partial charge in [-0.1, -0.05) is 6.07 Å². The maximum Gasteiger partial charge on any atom is 0.262 e. The lowest BCUT2D eigenvalue weighted by atomic mass is 9.98. The van der Waals surface area contributed by atoms with E-state index >= 15 is 0 Å². The molecule has 1 saturated heterocycles. The van der Waals surface area contributed by atoms with Gasteiger partial charge in [-0.3, -0.25) is 4.79 Å². The second kappa shape index (κ2) is 8.10. The number of amides is 1. The van der Waals surface area contributed by atoms with Gasteiger partial charge in [-0.2, -0.15) is 4.31 Å². The number of benzene rings is 1. The average Bonchev–Trinajstić information content (AvgIpc) is 3.18. The van der Waals surface area contributed by atoms with Crippen LogP contribution in [-0.4, -0.2) is 48.4 Å². The number of rotatable bonds is 6. The summed E-state index contributed by atoms with van der Waals surface area (Å²) in [6.45, 7) is 3.10. The number of piperidine rings is 1. The number of carbonyl (C=O) groups is 1. The highest BCUT2D eigenvalue weighted by Crippen LogP contribution is 2.25. The Kier molecular flexibility index (Phi) is 5.81. The molecular weight excluding hydrogens is 368 g/mol. The molecular formula is C18H24N4O4S. The van der Waals surface area contributed by atoms with E-state index in [1.807, 2.05) is 6.92 Å². The molecule has 0 spiro atoms. The van der Waals surface area contributed by atoms with E-state index < -0.39 is 15.9 Å². The van der Waals surface area contributed by atoms with Gasteiger partial charge in [-0.05, 0) is 31.9 Å². The molecule has 0 saturated carbocycles. The van der Waals surface area contributed by atoms with Crippen LogP contribution in [0.1, 0.15) is 19.8 Å². The minimum Gasteiger partial charge on any atom is -0.497 e. The second-order valence-corrected chi connectivity index (χ2v) is 8.35. The van der Waals surface area contributed by atoms with Gasteiger partial charge in [-0.15, -0.1) is 0 Å². The third kappa shape index (κ3) is 4.30. The van der Waals surface area contributed by atoms with Crippen LogP contribution in [0.4, 0.5) is 5.69 Å². The molecule has 1 amide bonds. The molecule has 0 radical (unpaired) electrons. The van der Waals surface area contributed by atoms with Crippen LogP contribution in [0, 0.1) is 5.92 Å². The Morgan fingerprint density at radius 2 is 2.22 bits per heavy atom. The van der Waals surface area contributed by atoms with Gasteiger partial charge in [-0.25, -0.2) is 13.4 Å². The van der Waals surface area contributed by atoms with Crippen molar-refractivity contribution in [3.63, 3.8) is 0 Å². The Morgan fingerprint density at radius 3 is 2.93 bits per heavy atom. The van der Waals surface area contributed by atoms with Crippen molar-refractivity contribution >= 4 is 21.6 Å². The summed E-state index contributed by atoms with van der Waals surface area (Å²) in [5, 5.41) is 2.88. The Balaban J connectivity index is 1.70. The summed E-state index contributed by atoms with van der Waals surface area (Å²) in [4.78, 5) is 16.6. The maximum atomic E-state index is 12.8. The topological polar surface area (TPSA) is 93.5 Å². The molecule has 1 aliphatic rings. The van der Waals surface area contributed by atoms with Crippen LogP contribution in [0.15, 0.2) is 41.8 Å². The minimum absolute atomic E-state index is 0.0261. The highest BCUT2D eigenvalue weighted by molar-refractivity contribution is 7.89. The number of sulfonamides is 1.